The van der Waals surface area contributed by atoms with Crippen LogP contribution < -0.4 is 0 Å². The van der Waals surface area contributed by atoms with Crippen LogP contribution in [0.2, 0.25) is 0 Å². The molecule has 1 aromatic rings. The maximum atomic E-state index is 12.1. The van der Waals surface area contributed by atoms with Crippen LogP contribution in [0.3, 0.4) is 0 Å². The number of aryl methyl sites for hydroxylation is 1. The van der Waals surface area contributed by atoms with Crippen molar-refractivity contribution in [3.63, 3.8) is 0 Å². The van der Waals surface area contributed by atoms with Gasteiger partial charge in [-0.15, -0.1) is 0 Å². The summed E-state index contributed by atoms with van der Waals surface area (Å²) in [5.74, 6) is -0.719. The highest BCUT2D eigenvalue weighted by Gasteiger charge is 2.25. The van der Waals surface area contributed by atoms with Gasteiger partial charge in [-0.1, -0.05) is 12.1 Å². The number of piperazine rings is 1. The first kappa shape index (κ1) is 20.2. The maximum absolute atomic E-state index is 12.1. The molecule has 0 aliphatic carbocycles. The molecule has 0 saturated carbocycles. The van der Waals surface area contributed by atoms with E-state index < -0.39 is 5.97 Å². The van der Waals surface area contributed by atoms with Gasteiger partial charge in [0.05, 0.1) is 18.2 Å². The van der Waals surface area contributed by atoms with Crippen LogP contribution >= 0.6 is 0 Å². The fraction of sp³-hybridized carbons (Fsp3) is 0.474. The number of amides is 2. The van der Waals surface area contributed by atoms with Crippen molar-refractivity contribution < 1.29 is 23.9 Å². The number of esters is 1. The molecule has 0 aromatic heterocycles. The highest BCUT2D eigenvalue weighted by atomic mass is 16.6. The first-order valence-corrected chi connectivity index (χ1v) is 8.87. The van der Waals surface area contributed by atoms with Crippen molar-refractivity contribution in [2.24, 2.45) is 0 Å². The van der Waals surface area contributed by atoms with Crippen LogP contribution in [0.15, 0.2) is 24.3 Å². The molecule has 1 fully saturated rings. The Morgan fingerprint density at radius 1 is 1.04 bits per heavy atom. The van der Waals surface area contributed by atoms with Crippen LogP contribution in [-0.2, 0) is 25.5 Å². The molecule has 1 heterocycles. The van der Waals surface area contributed by atoms with Gasteiger partial charge in [0.2, 0.25) is 0 Å². The molecule has 1 saturated heterocycles. The lowest BCUT2D eigenvalue weighted by molar-refractivity contribution is -0.152. The third-order valence-electron chi connectivity index (χ3n) is 4.22. The molecule has 144 valence electrons. The van der Waals surface area contributed by atoms with E-state index in [4.69, 9.17) is 14.7 Å². The van der Waals surface area contributed by atoms with Crippen molar-refractivity contribution >= 4 is 18.0 Å². The van der Waals surface area contributed by atoms with E-state index in [1.54, 1.807) is 41.0 Å². The van der Waals surface area contributed by atoms with Gasteiger partial charge in [-0.25, -0.2) is 4.79 Å². The van der Waals surface area contributed by atoms with E-state index in [2.05, 4.69) is 0 Å². The summed E-state index contributed by atoms with van der Waals surface area (Å²) in [7, 11) is 0. The molecule has 0 spiro atoms. The fourth-order valence-corrected chi connectivity index (χ4v) is 2.65. The maximum Gasteiger partial charge on any atom is 0.409 e. The number of carbonyl (C=O) groups excluding carboxylic acids is 3. The van der Waals surface area contributed by atoms with E-state index in [1.165, 1.54) is 0 Å². The fourth-order valence-electron chi connectivity index (χ4n) is 2.65. The summed E-state index contributed by atoms with van der Waals surface area (Å²) >= 11 is 0. The monoisotopic (exact) mass is 373 g/mol. The van der Waals surface area contributed by atoms with Gasteiger partial charge < -0.3 is 19.3 Å². The van der Waals surface area contributed by atoms with Gasteiger partial charge in [-0.2, -0.15) is 5.26 Å². The Kier molecular flexibility index (Phi) is 7.62. The Morgan fingerprint density at radius 2 is 1.67 bits per heavy atom. The Morgan fingerprint density at radius 3 is 2.26 bits per heavy atom. The van der Waals surface area contributed by atoms with Gasteiger partial charge in [0.1, 0.15) is 0 Å². The molecule has 0 bridgehead atoms. The quantitative estimate of drug-likeness (QED) is 0.698. The van der Waals surface area contributed by atoms with Crippen molar-refractivity contribution in [2.45, 2.75) is 19.8 Å². The minimum absolute atomic E-state index is 0.163. The number of nitriles is 1. The van der Waals surface area contributed by atoms with Crippen LogP contribution in [-0.4, -0.2) is 67.2 Å². The number of nitrogens with zero attached hydrogens (tertiary/aromatic N) is 3. The first-order valence-electron chi connectivity index (χ1n) is 8.87. The normalized spacial score (nSPS) is 13.6. The van der Waals surface area contributed by atoms with Crippen LogP contribution in [0.5, 0.6) is 0 Å². The average Bonchev–Trinajstić information content (AvgIpc) is 2.71. The predicted octanol–water partition coefficient (Wildman–Crippen LogP) is 1.33. The summed E-state index contributed by atoms with van der Waals surface area (Å²) in [5, 5.41) is 8.76. The van der Waals surface area contributed by atoms with E-state index in [0.717, 1.165) is 5.56 Å². The Hall–Kier alpha value is -3.08. The lowest BCUT2D eigenvalue weighted by Crippen LogP contribution is -2.51. The van der Waals surface area contributed by atoms with E-state index in [-0.39, 0.29) is 25.0 Å². The summed E-state index contributed by atoms with van der Waals surface area (Å²) in [6.07, 6.45) is 0.270. The van der Waals surface area contributed by atoms with Crippen LogP contribution in [0.4, 0.5) is 4.79 Å². The molecule has 1 aliphatic heterocycles. The summed E-state index contributed by atoms with van der Waals surface area (Å²) in [6.45, 7) is 3.34. The van der Waals surface area contributed by atoms with E-state index in [0.29, 0.717) is 44.8 Å². The van der Waals surface area contributed by atoms with E-state index in [9.17, 15) is 14.4 Å². The van der Waals surface area contributed by atoms with Crippen molar-refractivity contribution in [3.8, 4) is 6.07 Å². The smallest absolute Gasteiger partial charge is 0.409 e. The predicted molar refractivity (Wildman–Crippen MR) is 95.6 cm³/mol. The van der Waals surface area contributed by atoms with Crippen LogP contribution in [0.25, 0.3) is 0 Å². The second kappa shape index (κ2) is 10.2. The van der Waals surface area contributed by atoms with Crippen molar-refractivity contribution in [1.82, 2.24) is 9.80 Å². The summed E-state index contributed by atoms with van der Waals surface area (Å²) in [6, 6.07) is 9.01. The minimum atomic E-state index is -0.446. The second-order valence-corrected chi connectivity index (χ2v) is 6.04. The largest absolute Gasteiger partial charge is 0.456 e. The number of ether oxygens (including phenoxy) is 2. The summed E-state index contributed by atoms with van der Waals surface area (Å²) < 4.78 is 9.98. The third-order valence-corrected chi connectivity index (χ3v) is 4.22. The summed E-state index contributed by atoms with van der Waals surface area (Å²) in [5.41, 5.74) is 1.49. The van der Waals surface area contributed by atoms with Gasteiger partial charge in [-0.3, -0.25) is 9.59 Å². The molecule has 8 heteroatoms. The zero-order valence-electron chi connectivity index (χ0n) is 15.3. The molecule has 2 rings (SSSR count). The number of hydrogen-bond donors (Lipinski definition) is 0. The number of benzene rings is 1. The SMILES string of the molecule is CCOC(=O)N1CCN(C(=O)COC(=O)CCc2ccc(C#N)cc2)CC1. The first-order chi connectivity index (χ1) is 13.0. The lowest BCUT2D eigenvalue weighted by atomic mass is 10.1. The minimum Gasteiger partial charge on any atom is -0.456 e. The molecule has 0 atom stereocenters. The molecule has 2 amide bonds. The zero-order chi connectivity index (χ0) is 19.6. The molecular formula is C19H23N3O5. The highest BCUT2D eigenvalue weighted by Crippen LogP contribution is 2.08. The number of rotatable bonds is 6. The third kappa shape index (κ3) is 6.29. The van der Waals surface area contributed by atoms with Crippen molar-refractivity contribution in [2.75, 3.05) is 39.4 Å². The van der Waals surface area contributed by atoms with Crippen molar-refractivity contribution in [1.29, 1.82) is 5.26 Å². The summed E-state index contributed by atoms with van der Waals surface area (Å²) in [4.78, 5) is 38.7. The molecule has 1 aliphatic rings. The number of hydrogen-bond acceptors (Lipinski definition) is 6. The molecule has 0 unspecified atom stereocenters. The van der Waals surface area contributed by atoms with Crippen molar-refractivity contribution in [3.05, 3.63) is 35.4 Å². The van der Waals surface area contributed by atoms with Gasteiger partial charge in [0.25, 0.3) is 5.91 Å². The lowest BCUT2D eigenvalue weighted by Gasteiger charge is -2.33. The molecule has 0 radical (unpaired) electrons. The standard InChI is InChI=1S/C19H23N3O5/c1-2-26-19(25)22-11-9-21(10-12-22)17(23)14-27-18(24)8-7-15-3-5-16(13-20)6-4-15/h3-6H,2,7-12,14H2,1H3. The van der Waals surface area contributed by atoms with E-state index in [1.807, 2.05) is 6.07 Å². The highest BCUT2D eigenvalue weighted by molar-refractivity contribution is 5.81. The van der Waals surface area contributed by atoms with Gasteiger partial charge in [0, 0.05) is 32.6 Å². The van der Waals surface area contributed by atoms with Gasteiger partial charge in [-0.05, 0) is 31.0 Å². The Bertz CT molecular complexity index is 703. The molecule has 1 aromatic carbocycles. The Balaban J connectivity index is 1.67. The molecule has 0 N–H and O–H groups in total. The molecule has 8 nitrogen and oxygen atoms in total. The molecular weight excluding hydrogens is 350 g/mol. The second-order valence-electron chi connectivity index (χ2n) is 6.04. The molecule has 27 heavy (non-hydrogen) atoms. The average molecular weight is 373 g/mol. The topological polar surface area (TPSA) is 99.9 Å². The van der Waals surface area contributed by atoms with Crippen LogP contribution in [0.1, 0.15) is 24.5 Å². The Labute approximate surface area is 158 Å². The zero-order valence-corrected chi connectivity index (χ0v) is 15.3. The number of carbonyl (C=O) groups is 3. The van der Waals surface area contributed by atoms with Gasteiger partial charge >= 0.3 is 12.1 Å². The van der Waals surface area contributed by atoms with E-state index >= 15 is 0 Å². The van der Waals surface area contributed by atoms with Gasteiger partial charge in [0.15, 0.2) is 6.61 Å². The van der Waals surface area contributed by atoms with Crippen LogP contribution in [0, 0.1) is 11.3 Å².